The predicted octanol–water partition coefficient (Wildman–Crippen LogP) is 4.65. The lowest BCUT2D eigenvalue weighted by Crippen LogP contribution is -2.40. The number of nitrogens with zero attached hydrogens (tertiary/aromatic N) is 2. The van der Waals surface area contributed by atoms with Crippen molar-refractivity contribution in [2.75, 3.05) is 13.7 Å². The standard InChI is InChI=1S/C30H25BrN2O6S/c1-5-38-29(36)25-16(2)32-30-33(27(25)26-21-9-7-6-8-18(21)10-12-23(26)37-4)28(35)24(40-30)15-19-14-20(31)11-13-22(19)39-17(3)34/h6-15,27H,5H2,1-4H3/b24-15-/t27-/m1/s1. The number of fused-ring (bicyclic) bond motifs is 2. The topological polar surface area (TPSA) is 96.2 Å². The second-order valence-corrected chi connectivity index (χ2v) is 10.9. The average molecular weight is 622 g/mol. The number of aromatic nitrogens is 1. The molecule has 5 rings (SSSR count). The van der Waals surface area contributed by atoms with Gasteiger partial charge in [-0.25, -0.2) is 9.79 Å². The number of hydrogen-bond acceptors (Lipinski definition) is 8. The molecule has 1 aromatic heterocycles. The fraction of sp³-hybridized carbons (Fsp3) is 0.200. The lowest BCUT2D eigenvalue weighted by atomic mass is 9.90. The summed E-state index contributed by atoms with van der Waals surface area (Å²) in [5.74, 6) is -0.186. The van der Waals surface area contributed by atoms with Gasteiger partial charge in [0, 0.05) is 22.5 Å². The molecule has 204 valence electrons. The van der Waals surface area contributed by atoms with E-state index in [1.807, 2.05) is 36.4 Å². The summed E-state index contributed by atoms with van der Waals surface area (Å²) in [5, 5.41) is 1.76. The number of allylic oxidation sites excluding steroid dienone is 1. The number of rotatable bonds is 6. The molecule has 0 saturated carbocycles. The average Bonchev–Trinajstić information content (AvgIpc) is 3.22. The molecule has 0 bridgehead atoms. The Kier molecular flexibility index (Phi) is 7.73. The molecule has 0 amide bonds. The Morgan fingerprint density at radius 2 is 1.88 bits per heavy atom. The summed E-state index contributed by atoms with van der Waals surface area (Å²) in [6.45, 7) is 4.95. The third-order valence-electron chi connectivity index (χ3n) is 6.45. The van der Waals surface area contributed by atoms with Gasteiger partial charge in [-0.15, -0.1) is 0 Å². The monoisotopic (exact) mass is 620 g/mol. The maximum absolute atomic E-state index is 14.1. The molecule has 3 aromatic carbocycles. The van der Waals surface area contributed by atoms with Crippen LogP contribution in [0.4, 0.5) is 0 Å². The highest BCUT2D eigenvalue weighted by Crippen LogP contribution is 2.40. The van der Waals surface area contributed by atoms with Crippen molar-refractivity contribution < 1.29 is 23.8 Å². The van der Waals surface area contributed by atoms with E-state index >= 15 is 0 Å². The zero-order valence-corrected chi connectivity index (χ0v) is 24.6. The van der Waals surface area contributed by atoms with Crippen LogP contribution in [0.2, 0.25) is 0 Å². The molecule has 8 nitrogen and oxygen atoms in total. The first-order valence-electron chi connectivity index (χ1n) is 12.5. The fourth-order valence-corrected chi connectivity index (χ4v) is 6.24. The van der Waals surface area contributed by atoms with Crippen molar-refractivity contribution in [1.82, 2.24) is 4.57 Å². The maximum Gasteiger partial charge on any atom is 0.338 e. The van der Waals surface area contributed by atoms with Crippen LogP contribution in [0.1, 0.15) is 37.9 Å². The maximum atomic E-state index is 14.1. The second-order valence-electron chi connectivity index (χ2n) is 8.98. The van der Waals surface area contributed by atoms with Crippen LogP contribution < -0.4 is 24.4 Å². The van der Waals surface area contributed by atoms with E-state index in [1.165, 1.54) is 22.8 Å². The smallest absolute Gasteiger partial charge is 0.338 e. The molecule has 0 radical (unpaired) electrons. The van der Waals surface area contributed by atoms with E-state index in [0.29, 0.717) is 37.7 Å². The predicted molar refractivity (Wildman–Crippen MR) is 156 cm³/mol. The molecule has 1 aliphatic heterocycles. The molecule has 1 aliphatic rings. The van der Waals surface area contributed by atoms with Crippen LogP contribution in [-0.2, 0) is 14.3 Å². The van der Waals surface area contributed by atoms with Crippen LogP contribution >= 0.6 is 27.3 Å². The third kappa shape index (κ3) is 5.00. The van der Waals surface area contributed by atoms with Crippen LogP contribution in [0.5, 0.6) is 11.5 Å². The van der Waals surface area contributed by atoms with Gasteiger partial charge in [-0.05, 0) is 55.0 Å². The zero-order chi connectivity index (χ0) is 28.6. The van der Waals surface area contributed by atoms with Gasteiger partial charge in [-0.3, -0.25) is 14.2 Å². The summed E-state index contributed by atoms with van der Waals surface area (Å²) in [6, 6.07) is 15.8. The molecule has 10 heteroatoms. The Bertz CT molecular complexity index is 1890. The first-order chi connectivity index (χ1) is 19.2. The normalized spacial score (nSPS) is 15.0. The lowest BCUT2D eigenvalue weighted by Gasteiger charge is -2.27. The van der Waals surface area contributed by atoms with Gasteiger partial charge >= 0.3 is 11.9 Å². The number of ether oxygens (including phenoxy) is 3. The molecule has 2 heterocycles. The molecule has 0 saturated heterocycles. The van der Waals surface area contributed by atoms with E-state index in [9.17, 15) is 14.4 Å². The number of carbonyl (C=O) groups is 2. The number of hydrogen-bond donors (Lipinski definition) is 0. The minimum Gasteiger partial charge on any atom is -0.496 e. The van der Waals surface area contributed by atoms with Crippen molar-refractivity contribution >= 4 is 56.1 Å². The summed E-state index contributed by atoms with van der Waals surface area (Å²) in [5.41, 5.74) is 1.56. The summed E-state index contributed by atoms with van der Waals surface area (Å²) < 4.78 is 19.2. The Labute approximate surface area is 242 Å². The number of thiazole rings is 1. The van der Waals surface area contributed by atoms with E-state index < -0.39 is 18.0 Å². The van der Waals surface area contributed by atoms with Crippen LogP contribution in [-0.4, -0.2) is 30.2 Å². The molecule has 0 unspecified atom stereocenters. The van der Waals surface area contributed by atoms with Crippen molar-refractivity contribution in [2.24, 2.45) is 4.99 Å². The van der Waals surface area contributed by atoms with Crippen LogP contribution in [0.15, 0.2) is 80.1 Å². The fourth-order valence-electron chi connectivity index (χ4n) is 4.82. The summed E-state index contributed by atoms with van der Waals surface area (Å²) in [7, 11) is 1.56. The molecule has 0 aliphatic carbocycles. The summed E-state index contributed by atoms with van der Waals surface area (Å²) in [4.78, 5) is 44.3. The van der Waals surface area contributed by atoms with Crippen molar-refractivity contribution in [1.29, 1.82) is 0 Å². The van der Waals surface area contributed by atoms with E-state index in [2.05, 4.69) is 20.9 Å². The second kappa shape index (κ2) is 11.2. The van der Waals surface area contributed by atoms with Crippen molar-refractivity contribution in [3.8, 4) is 11.5 Å². The van der Waals surface area contributed by atoms with E-state index in [1.54, 1.807) is 45.2 Å². The highest BCUT2D eigenvalue weighted by Gasteiger charge is 2.36. The Morgan fingerprint density at radius 3 is 2.60 bits per heavy atom. The van der Waals surface area contributed by atoms with Crippen molar-refractivity contribution in [3.05, 3.63) is 101 Å². The van der Waals surface area contributed by atoms with Crippen molar-refractivity contribution in [3.63, 3.8) is 0 Å². The third-order valence-corrected chi connectivity index (χ3v) is 7.93. The van der Waals surface area contributed by atoms with E-state index in [0.717, 1.165) is 15.2 Å². The van der Waals surface area contributed by atoms with Crippen molar-refractivity contribution in [2.45, 2.75) is 26.8 Å². The highest BCUT2D eigenvalue weighted by molar-refractivity contribution is 9.10. The highest BCUT2D eigenvalue weighted by atomic mass is 79.9. The summed E-state index contributed by atoms with van der Waals surface area (Å²) >= 11 is 4.63. The van der Waals surface area contributed by atoms with E-state index in [4.69, 9.17) is 14.2 Å². The number of esters is 2. The lowest BCUT2D eigenvalue weighted by molar-refractivity contribution is -0.139. The Hall–Kier alpha value is -4.02. The van der Waals surface area contributed by atoms with Gasteiger partial charge in [0.05, 0.1) is 29.5 Å². The van der Waals surface area contributed by atoms with Gasteiger partial charge in [0.1, 0.15) is 17.5 Å². The first kappa shape index (κ1) is 27.5. The van der Waals surface area contributed by atoms with Crippen LogP contribution in [0, 0.1) is 0 Å². The zero-order valence-electron chi connectivity index (χ0n) is 22.2. The minimum atomic E-state index is -0.853. The van der Waals surface area contributed by atoms with Gasteiger partial charge in [0.2, 0.25) is 0 Å². The van der Waals surface area contributed by atoms with Crippen LogP contribution in [0.25, 0.3) is 16.8 Å². The molecule has 1 atom stereocenters. The minimum absolute atomic E-state index is 0.168. The molecule has 0 spiro atoms. The molecule has 4 aromatic rings. The molecule has 0 N–H and O–H groups in total. The van der Waals surface area contributed by atoms with Gasteiger partial charge < -0.3 is 14.2 Å². The first-order valence-corrected chi connectivity index (χ1v) is 14.1. The number of halogens is 1. The summed E-state index contributed by atoms with van der Waals surface area (Å²) in [6.07, 6.45) is 1.66. The quantitative estimate of drug-likeness (QED) is 0.230. The molecule has 40 heavy (non-hydrogen) atoms. The van der Waals surface area contributed by atoms with Gasteiger partial charge in [0.15, 0.2) is 4.80 Å². The largest absolute Gasteiger partial charge is 0.496 e. The number of carbonyl (C=O) groups excluding carboxylic acids is 2. The molecular weight excluding hydrogens is 596 g/mol. The number of benzene rings is 3. The Morgan fingerprint density at radius 1 is 1.12 bits per heavy atom. The molecular formula is C30H25BrN2O6S. The number of methoxy groups -OCH3 is 1. The van der Waals surface area contributed by atoms with Gasteiger partial charge in [-0.2, -0.15) is 0 Å². The molecule has 0 fully saturated rings. The SMILES string of the molecule is CCOC(=O)C1=C(C)N=c2s/c(=C\c3cc(Br)ccc3OC(C)=O)c(=O)n2[C@H]1c1c(OC)ccc2ccccc12. The van der Waals surface area contributed by atoms with Gasteiger partial charge in [0.25, 0.3) is 5.56 Å². The Balaban J connectivity index is 1.84. The van der Waals surface area contributed by atoms with E-state index in [-0.39, 0.29) is 17.7 Å². The van der Waals surface area contributed by atoms with Crippen LogP contribution in [0.3, 0.4) is 0 Å². The van der Waals surface area contributed by atoms with Gasteiger partial charge in [-0.1, -0.05) is 57.6 Å².